The van der Waals surface area contributed by atoms with Gasteiger partial charge in [0.05, 0.1) is 18.3 Å². The minimum atomic E-state index is -1.13. The standard InChI is InChI=1S/C20H33N3O8/c1-9-12(4)28-19(11(3)17(9)26-7)31-18-10(2)16(22-23-21)20(29-14(6)25)30-15(18)8-27-13(5)24/h9-12,15-20H,8H2,1-7H3/t9-,10-,11+,12?,15?,16?,17?,18+,19+,20-/m1/s1. The van der Waals surface area contributed by atoms with Crippen LogP contribution in [-0.2, 0) is 38.0 Å². The van der Waals surface area contributed by atoms with Crippen molar-refractivity contribution in [3.05, 3.63) is 10.4 Å². The number of rotatable bonds is 7. The Morgan fingerprint density at radius 1 is 0.968 bits per heavy atom. The summed E-state index contributed by atoms with van der Waals surface area (Å²) >= 11 is 0. The number of esters is 2. The Bertz CT molecular complexity index is 685. The molecule has 11 nitrogen and oxygen atoms in total. The van der Waals surface area contributed by atoms with E-state index in [1.54, 1.807) is 14.0 Å². The average molecular weight is 443 g/mol. The van der Waals surface area contributed by atoms with Gasteiger partial charge >= 0.3 is 11.9 Å². The molecule has 0 aromatic rings. The van der Waals surface area contributed by atoms with Gasteiger partial charge in [-0.1, -0.05) is 25.9 Å². The lowest BCUT2D eigenvalue weighted by Gasteiger charge is -2.48. The van der Waals surface area contributed by atoms with Crippen molar-refractivity contribution in [2.75, 3.05) is 13.7 Å². The van der Waals surface area contributed by atoms with E-state index in [2.05, 4.69) is 16.9 Å². The monoisotopic (exact) mass is 443 g/mol. The number of hydrogen-bond acceptors (Lipinski definition) is 9. The largest absolute Gasteiger partial charge is 0.463 e. The van der Waals surface area contributed by atoms with Gasteiger partial charge in [-0.3, -0.25) is 9.59 Å². The highest BCUT2D eigenvalue weighted by Crippen LogP contribution is 2.37. The molecule has 0 radical (unpaired) electrons. The molecule has 2 saturated heterocycles. The molecule has 2 aliphatic heterocycles. The second-order valence-corrected chi connectivity index (χ2v) is 8.24. The molecule has 31 heavy (non-hydrogen) atoms. The summed E-state index contributed by atoms with van der Waals surface area (Å²) in [5, 5.41) is 3.77. The summed E-state index contributed by atoms with van der Waals surface area (Å²) in [7, 11) is 1.66. The highest BCUT2D eigenvalue weighted by molar-refractivity contribution is 5.66. The van der Waals surface area contributed by atoms with E-state index >= 15 is 0 Å². The van der Waals surface area contributed by atoms with Crippen LogP contribution >= 0.6 is 0 Å². The van der Waals surface area contributed by atoms with Crippen molar-refractivity contribution in [1.29, 1.82) is 0 Å². The molecule has 0 aromatic heterocycles. The van der Waals surface area contributed by atoms with E-state index in [0.29, 0.717) is 0 Å². The third kappa shape index (κ3) is 6.08. The normalized spacial score (nSPS) is 40.5. The van der Waals surface area contributed by atoms with E-state index in [-0.39, 0.29) is 30.7 Å². The maximum Gasteiger partial charge on any atom is 0.304 e. The summed E-state index contributed by atoms with van der Waals surface area (Å²) in [5.41, 5.74) is 9.02. The number of ether oxygens (including phenoxy) is 6. The third-order valence-corrected chi connectivity index (χ3v) is 6.05. The predicted octanol–water partition coefficient (Wildman–Crippen LogP) is 2.57. The van der Waals surface area contributed by atoms with Crippen LogP contribution in [-0.4, -0.2) is 68.7 Å². The van der Waals surface area contributed by atoms with Crippen LogP contribution in [0.3, 0.4) is 0 Å². The van der Waals surface area contributed by atoms with Gasteiger partial charge in [-0.05, 0) is 18.4 Å². The van der Waals surface area contributed by atoms with Gasteiger partial charge < -0.3 is 28.4 Å². The first-order valence-electron chi connectivity index (χ1n) is 10.4. The lowest BCUT2D eigenvalue weighted by Crippen LogP contribution is -2.59. The number of carbonyl (C=O) groups excluding carboxylic acids is 2. The van der Waals surface area contributed by atoms with Gasteiger partial charge in [0.2, 0.25) is 6.29 Å². The molecule has 2 aliphatic rings. The van der Waals surface area contributed by atoms with Crippen molar-refractivity contribution in [1.82, 2.24) is 0 Å². The van der Waals surface area contributed by atoms with Crippen LogP contribution < -0.4 is 0 Å². The molecule has 176 valence electrons. The molecular formula is C20H33N3O8. The number of hydrogen-bond donors (Lipinski definition) is 0. The molecule has 10 atom stereocenters. The molecule has 0 aromatic carbocycles. The first-order valence-corrected chi connectivity index (χ1v) is 10.4. The lowest BCUT2D eigenvalue weighted by atomic mass is 9.85. The lowest BCUT2D eigenvalue weighted by molar-refractivity contribution is -0.319. The summed E-state index contributed by atoms with van der Waals surface area (Å²) < 4.78 is 34.4. The fraction of sp³-hybridized carbons (Fsp3) is 0.900. The Balaban J connectivity index is 2.30. The maximum atomic E-state index is 11.5. The van der Waals surface area contributed by atoms with E-state index < -0.39 is 48.7 Å². The fourth-order valence-corrected chi connectivity index (χ4v) is 4.24. The van der Waals surface area contributed by atoms with E-state index in [4.69, 9.17) is 34.0 Å². The Morgan fingerprint density at radius 3 is 2.19 bits per heavy atom. The van der Waals surface area contributed by atoms with Gasteiger partial charge in [-0.25, -0.2) is 0 Å². The first-order chi connectivity index (χ1) is 14.6. The Labute approximate surface area is 182 Å². The van der Waals surface area contributed by atoms with Gasteiger partial charge in [0, 0.05) is 37.7 Å². The Morgan fingerprint density at radius 2 is 1.65 bits per heavy atom. The zero-order valence-electron chi connectivity index (χ0n) is 19.1. The Hall–Kier alpha value is -1.91. The summed E-state index contributed by atoms with van der Waals surface area (Å²) in [5.74, 6) is -1.43. The molecule has 11 heteroatoms. The molecule has 0 bridgehead atoms. The second kappa shape index (κ2) is 11.1. The molecule has 2 heterocycles. The van der Waals surface area contributed by atoms with E-state index in [9.17, 15) is 9.59 Å². The molecule has 0 amide bonds. The number of methoxy groups -OCH3 is 1. The van der Waals surface area contributed by atoms with Crippen LogP contribution in [0.5, 0.6) is 0 Å². The number of azide groups is 1. The van der Waals surface area contributed by atoms with Crippen LogP contribution in [0.15, 0.2) is 5.11 Å². The average Bonchev–Trinajstić information content (AvgIpc) is 2.69. The fourth-order valence-electron chi connectivity index (χ4n) is 4.24. The van der Waals surface area contributed by atoms with Gasteiger partial charge in [-0.2, -0.15) is 0 Å². The van der Waals surface area contributed by atoms with Gasteiger partial charge in [-0.15, -0.1) is 0 Å². The van der Waals surface area contributed by atoms with Crippen LogP contribution in [0, 0.1) is 17.8 Å². The summed E-state index contributed by atoms with van der Waals surface area (Å²) in [6, 6.07) is -0.832. The van der Waals surface area contributed by atoms with Crippen LogP contribution in [0.1, 0.15) is 41.5 Å². The number of carbonyl (C=O) groups is 2. The van der Waals surface area contributed by atoms with Crippen LogP contribution in [0.25, 0.3) is 10.4 Å². The van der Waals surface area contributed by atoms with Crippen molar-refractivity contribution < 1.29 is 38.0 Å². The van der Waals surface area contributed by atoms with Crippen molar-refractivity contribution in [3.8, 4) is 0 Å². The molecule has 4 unspecified atom stereocenters. The predicted molar refractivity (Wildman–Crippen MR) is 107 cm³/mol. The van der Waals surface area contributed by atoms with Crippen LogP contribution in [0.2, 0.25) is 0 Å². The van der Waals surface area contributed by atoms with E-state index in [1.165, 1.54) is 13.8 Å². The summed E-state index contributed by atoms with van der Waals surface area (Å²) in [6.07, 6.45) is -3.36. The maximum absolute atomic E-state index is 11.5. The zero-order valence-corrected chi connectivity index (χ0v) is 19.1. The zero-order chi connectivity index (χ0) is 23.3. The molecular weight excluding hydrogens is 410 g/mol. The molecule has 0 aliphatic carbocycles. The Kier molecular flexibility index (Phi) is 9.08. The molecule has 2 rings (SSSR count). The van der Waals surface area contributed by atoms with Crippen molar-refractivity contribution in [3.63, 3.8) is 0 Å². The second-order valence-electron chi connectivity index (χ2n) is 8.24. The van der Waals surface area contributed by atoms with E-state index in [1.807, 2.05) is 13.8 Å². The highest BCUT2D eigenvalue weighted by Gasteiger charge is 2.49. The number of nitrogens with zero attached hydrogens (tertiary/aromatic N) is 3. The topological polar surface area (TPSA) is 138 Å². The first kappa shape index (κ1) is 25.4. The molecule has 0 N–H and O–H groups in total. The SMILES string of the molecule is COC1[C@H](C)C(C)O[C@@H](O[C@@H]2C(COC(C)=O)O[C@@H](OC(C)=O)C(N=[N+]=[N-])[C@H]2C)[C@H]1C. The summed E-state index contributed by atoms with van der Waals surface area (Å²) in [4.78, 5) is 25.8. The molecule has 0 saturated carbocycles. The van der Waals surface area contributed by atoms with Gasteiger partial charge in [0.25, 0.3) is 0 Å². The summed E-state index contributed by atoms with van der Waals surface area (Å²) in [6.45, 7) is 10.2. The quantitative estimate of drug-likeness (QED) is 0.253. The van der Waals surface area contributed by atoms with Crippen LogP contribution in [0.4, 0.5) is 0 Å². The van der Waals surface area contributed by atoms with Crippen molar-refractivity contribution in [2.45, 2.75) is 84.6 Å². The van der Waals surface area contributed by atoms with Crippen molar-refractivity contribution >= 4 is 11.9 Å². The van der Waals surface area contributed by atoms with Gasteiger partial charge in [0.1, 0.15) is 18.8 Å². The molecule has 2 fully saturated rings. The minimum absolute atomic E-state index is 0.0813. The van der Waals surface area contributed by atoms with Gasteiger partial charge in [0.15, 0.2) is 6.29 Å². The van der Waals surface area contributed by atoms with E-state index in [0.717, 1.165) is 0 Å². The highest BCUT2D eigenvalue weighted by atomic mass is 16.7. The third-order valence-electron chi connectivity index (χ3n) is 6.05. The smallest absolute Gasteiger partial charge is 0.304 e. The minimum Gasteiger partial charge on any atom is -0.463 e. The molecule has 0 spiro atoms. The van der Waals surface area contributed by atoms with Crippen molar-refractivity contribution in [2.24, 2.45) is 22.9 Å².